The van der Waals surface area contributed by atoms with E-state index in [4.69, 9.17) is 0 Å². The maximum Gasteiger partial charge on any atom is 0.261 e. The van der Waals surface area contributed by atoms with Gasteiger partial charge in [-0.05, 0) is 36.9 Å². The summed E-state index contributed by atoms with van der Waals surface area (Å²) in [5, 5.41) is 5.71. The van der Waals surface area contributed by atoms with E-state index in [0.29, 0.717) is 12.2 Å². The predicted octanol–water partition coefficient (Wildman–Crippen LogP) is 3.33. The summed E-state index contributed by atoms with van der Waals surface area (Å²) in [5.74, 6) is 0. The third kappa shape index (κ3) is 3.64. The van der Waals surface area contributed by atoms with Crippen molar-refractivity contribution >= 4 is 27.0 Å². The molecule has 0 radical (unpaired) electrons. The summed E-state index contributed by atoms with van der Waals surface area (Å²) in [6.07, 6.45) is 1.71. The van der Waals surface area contributed by atoms with Gasteiger partial charge in [-0.25, -0.2) is 13.4 Å². The zero-order valence-corrected chi connectivity index (χ0v) is 14.7. The van der Waals surface area contributed by atoms with Crippen LogP contribution in [-0.2, 0) is 16.6 Å². The first-order valence-corrected chi connectivity index (χ1v) is 9.72. The molecule has 5 nitrogen and oxygen atoms in total. The van der Waals surface area contributed by atoms with E-state index in [2.05, 4.69) is 15.0 Å². The first-order valence-electron chi connectivity index (χ1n) is 7.35. The maximum atomic E-state index is 12.6. The Balaban J connectivity index is 2.03. The summed E-state index contributed by atoms with van der Waals surface area (Å²) in [4.78, 5) is 4.52. The van der Waals surface area contributed by atoms with Gasteiger partial charge in [-0.3, -0.25) is 4.72 Å². The Labute approximate surface area is 145 Å². The summed E-state index contributed by atoms with van der Waals surface area (Å²) < 4.78 is 28.0. The fourth-order valence-electron chi connectivity index (χ4n) is 2.34. The van der Waals surface area contributed by atoms with Crippen molar-refractivity contribution in [2.45, 2.75) is 11.4 Å². The monoisotopic (exact) mass is 359 g/mol. The quantitative estimate of drug-likeness (QED) is 0.708. The Kier molecular flexibility index (Phi) is 4.94. The van der Waals surface area contributed by atoms with E-state index in [1.807, 2.05) is 30.6 Å². The molecule has 124 valence electrons. The number of hydrogen-bond acceptors (Lipinski definition) is 5. The number of nitrogens with one attached hydrogen (secondary N) is 2. The van der Waals surface area contributed by atoms with Crippen molar-refractivity contribution in [3.63, 3.8) is 0 Å². The van der Waals surface area contributed by atoms with Crippen LogP contribution in [-0.4, -0.2) is 20.4 Å². The van der Waals surface area contributed by atoms with Gasteiger partial charge in [0.15, 0.2) is 0 Å². The average molecular weight is 359 g/mol. The largest absolute Gasteiger partial charge is 0.316 e. The van der Waals surface area contributed by atoms with Gasteiger partial charge < -0.3 is 5.32 Å². The number of rotatable bonds is 6. The molecule has 0 bridgehead atoms. The SMILES string of the molecule is CNCc1ccc(-c2nccs2)c(NS(=O)(=O)c2ccccc2)c1. The molecule has 24 heavy (non-hydrogen) atoms. The minimum absolute atomic E-state index is 0.231. The Morgan fingerprint density at radius 1 is 1.12 bits per heavy atom. The lowest BCUT2D eigenvalue weighted by molar-refractivity contribution is 0.601. The highest BCUT2D eigenvalue weighted by Crippen LogP contribution is 2.32. The zero-order valence-electron chi connectivity index (χ0n) is 13.1. The molecule has 0 amide bonds. The Hall–Kier alpha value is -2.22. The lowest BCUT2D eigenvalue weighted by Gasteiger charge is -2.13. The molecule has 0 atom stereocenters. The van der Waals surface area contributed by atoms with Crippen molar-refractivity contribution in [2.24, 2.45) is 0 Å². The molecule has 3 aromatic rings. The average Bonchev–Trinajstić information content (AvgIpc) is 3.10. The zero-order chi connectivity index (χ0) is 17.0. The second-order valence-corrected chi connectivity index (χ2v) is 7.74. The summed E-state index contributed by atoms with van der Waals surface area (Å²) in [7, 11) is -1.80. The maximum absolute atomic E-state index is 12.6. The highest BCUT2D eigenvalue weighted by atomic mass is 32.2. The van der Waals surface area contributed by atoms with Gasteiger partial charge in [-0.1, -0.05) is 24.3 Å². The van der Waals surface area contributed by atoms with Crippen LogP contribution >= 0.6 is 11.3 Å². The minimum atomic E-state index is -3.65. The van der Waals surface area contributed by atoms with Crippen molar-refractivity contribution in [2.75, 3.05) is 11.8 Å². The highest BCUT2D eigenvalue weighted by Gasteiger charge is 2.17. The van der Waals surface area contributed by atoms with Crippen LogP contribution < -0.4 is 10.0 Å². The van der Waals surface area contributed by atoms with Crippen molar-refractivity contribution in [3.05, 3.63) is 65.7 Å². The summed E-state index contributed by atoms with van der Waals surface area (Å²) in [6, 6.07) is 14.0. The number of sulfonamides is 1. The molecule has 0 spiro atoms. The lowest BCUT2D eigenvalue weighted by Crippen LogP contribution is -2.14. The summed E-state index contributed by atoms with van der Waals surface area (Å²) in [6.45, 7) is 0.651. The van der Waals surface area contributed by atoms with E-state index in [1.165, 1.54) is 11.3 Å². The van der Waals surface area contributed by atoms with E-state index in [0.717, 1.165) is 16.1 Å². The van der Waals surface area contributed by atoms with Crippen LogP contribution in [0.25, 0.3) is 10.6 Å². The van der Waals surface area contributed by atoms with Gasteiger partial charge in [0, 0.05) is 23.7 Å². The summed E-state index contributed by atoms with van der Waals surface area (Å²) in [5.41, 5.74) is 2.29. The molecular formula is C17H17N3O2S2. The third-order valence-electron chi connectivity index (χ3n) is 3.43. The van der Waals surface area contributed by atoms with Crippen LogP contribution in [0.1, 0.15) is 5.56 Å². The number of hydrogen-bond donors (Lipinski definition) is 2. The lowest BCUT2D eigenvalue weighted by atomic mass is 10.1. The fraction of sp³-hybridized carbons (Fsp3) is 0.118. The van der Waals surface area contributed by atoms with Gasteiger partial charge in [-0.2, -0.15) is 0 Å². The standard InChI is InChI=1S/C17H17N3O2S2/c1-18-12-13-7-8-15(17-19-9-10-23-17)16(11-13)20-24(21,22)14-5-3-2-4-6-14/h2-11,18,20H,12H2,1H3. The molecule has 1 aromatic heterocycles. The van der Waals surface area contributed by atoms with E-state index in [1.54, 1.807) is 36.5 Å². The number of nitrogens with zero attached hydrogens (tertiary/aromatic N) is 1. The number of aromatic nitrogens is 1. The first-order chi connectivity index (χ1) is 11.6. The molecule has 0 aliphatic rings. The van der Waals surface area contributed by atoms with Gasteiger partial charge in [-0.15, -0.1) is 11.3 Å². The summed E-state index contributed by atoms with van der Waals surface area (Å²) >= 11 is 1.47. The molecule has 3 rings (SSSR count). The second-order valence-electron chi connectivity index (χ2n) is 5.17. The number of benzene rings is 2. The molecule has 0 saturated heterocycles. The molecular weight excluding hydrogens is 342 g/mol. The van der Waals surface area contributed by atoms with Crippen LogP contribution in [0.5, 0.6) is 0 Å². The van der Waals surface area contributed by atoms with Gasteiger partial charge in [0.2, 0.25) is 0 Å². The van der Waals surface area contributed by atoms with E-state index in [9.17, 15) is 8.42 Å². The van der Waals surface area contributed by atoms with Gasteiger partial charge >= 0.3 is 0 Å². The van der Waals surface area contributed by atoms with Gasteiger partial charge in [0.05, 0.1) is 10.6 Å². The van der Waals surface area contributed by atoms with Crippen LogP contribution in [0.2, 0.25) is 0 Å². The van der Waals surface area contributed by atoms with Crippen LogP contribution in [0.4, 0.5) is 5.69 Å². The molecule has 0 fully saturated rings. The molecule has 0 aliphatic heterocycles. The minimum Gasteiger partial charge on any atom is -0.316 e. The van der Waals surface area contributed by atoms with Crippen molar-refractivity contribution in [3.8, 4) is 10.6 Å². The van der Waals surface area contributed by atoms with E-state index in [-0.39, 0.29) is 4.90 Å². The Morgan fingerprint density at radius 2 is 1.92 bits per heavy atom. The second kappa shape index (κ2) is 7.12. The molecule has 2 aromatic carbocycles. The van der Waals surface area contributed by atoms with Crippen LogP contribution in [0.3, 0.4) is 0 Å². The van der Waals surface area contributed by atoms with Crippen LogP contribution in [0, 0.1) is 0 Å². The van der Waals surface area contributed by atoms with E-state index >= 15 is 0 Å². The molecule has 0 aliphatic carbocycles. The number of thiazole rings is 1. The molecule has 1 heterocycles. The topological polar surface area (TPSA) is 71.1 Å². The van der Waals surface area contributed by atoms with Crippen molar-refractivity contribution in [1.29, 1.82) is 0 Å². The fourth-order valence-corrected chi connectivity index (χ4v) is 4.11. The van der Waals surface area contributed by atoms with Gasteiger partial charge in [0.25, 0.3) is 10.0 Å². The van der Waals surface area contributed by atoms with Crippen molar-refractivity contribution in [1.82, 2.24) is 10.3 Å². The highest BCUT2D eigenvalue weighted by molar-refractivity contribution is 7.92. The van der Waals surface area contributed by atoms with Gasteiger partial charge in [0.1, 0.15) is 5.01 Å². The van der Waals surface area contributed by atoms with E-state index < -0.39 is 10.0 Å². The Bertz CT molecular complexity index is 908. The smallest absolute Gasteiger partial charge is 0.261 e. The third-order valence-corrected chi connectivity index (χ3v) is 5.61. The molecule has 2 N–H and O–H groups in total. The Morgan fingerprint density at radius 3 is 2.58 bits per heavy atom. The molecule has 0 saturated carbocycles. The normalized spacial score (nSPS) is 11.4. The number of anilines is 1. The predicted molar refractivity (Wildman–Crippen MR) is 97.6 cm³/mol. The molecule has 7 heteroatoms. The van der Waals surface area contributed by atoms with Crippen molar-refractivity contribution < 1.29 is 8.42 Å². The van der Waals surface area contributed by atoms with Crippen LogP contribution in [0.15, 0.2) is 65.0 Å². The molecule has 0 unspecified atom stereocenters. The first kappa shape index (κ1) is 16.6.